The Kier molecular flexibility index (Phi) is 5.12. The number of rotatable bonds is 4. The SMILES string of the molecule is COC[C@@H](C)[C@H]1CC[C@H]2[C@@H]3CCC4=C(N=[N+]=[N-])C(=O)CC[C@]4(C)[C@H]3CC[C@]12C. The molecule has 0 heterocycles. The first-order valence-electron chi connectivity index (χ1n) is 11.2. The molecule has 3 fully saturated rings. The van der Waals surface area contributed by atoms with Gasteiger partial charge in [0.25, 0.3) is 0 Å². The molecule has 4 rings (SSSR count). The highest BCUT2D eigenvalue weighted by molar-refractivity contribution is 5.97. The average Bonchev–Trinajstić information content (AvgIpc) is 3.02. The molecule has 0 N–H and O–H groups in total. The maximum Gasteiger partial charge on any atom is 0.165 e. The number of allylic oxidation sites excluding steroid dienone is 1. The molecular weight excluding hydrogens is 350 g/mol. The molecule has 4 aliphatic carbocycles. The Morgan fingerprint density at radius 3 is 2.68 bits per heavy atom. The number of fused-ring (bicyclic) bond motifs is 5. The van der Waals surface area contributed by atoms with Gasteiger partial charge in [-0.2, -0.15) is 0 Å². The number of carbonyl (C=O) groups excluding carboxylic acids is 1. The fourth-order valence-corrected chi connectivity index (χ4v) is 8.20. The van der Waals surface area contributed by atoms with Crippen molar-refractivity contribution in [3.63, 3.8) is 0 Å². The molecule has 3 saturated carbocycles. The van der Waals surface area contributed by atoms with Crippen molar-refractivity contribution in [1.82, 2.24) is 0 Å². The van der Waals surface area contributed by atoms with Crippen LogP contribution < -0.4 is 0 Å². The number of Topliss-reactive ketones (excluding diaryl/α,β-unsaturated/α-hetero) is 1. The van der Waals surface area contributed by atoms with Crippen LogP contribution in [0, 0.1) is 40.4 Å². The Morgan fingerprint density at radius 1 is 1.18 bits per heavy atom. The van der Waals surface area contributed by atoms with E-state index in [1.165, 1.54) is 31.3 Å². The summed E-state index contributed by atoms with van der Waals surface area (Å²) in [6.07, 6.45) is 8.75. The Morgan fingerprint density at radius 2 is 1.96 bits per heavy atom. The zero-order chi connectivity index (χ0) is 20.1. The molecule has 0 spiro atoms. The second-order valence-electron chi connectivity index (χ2n) is 10.4. The van der Waals surface area contributed by atoms with Crippen LogP contribution in [-0.2, 0) is 9.53 Å². The molecule has 4 aliphatic rings. The van der Waals surface area contributed by atoms with Gasteiger partial charge < -0.3 is 4.74 Å². The Balaban J connectivity index is 1.66. The van der Waals surface area contributed by atoms with Crippen LogP contribution in [-0.4, -0.2) is 19.5 Å². The van der Waals surface area contributed by atoms with Crippen molar-refractivity contribution in [2.75, 3.05) is 13.7 Å². The third-order valence-electron chi connectivity index (χ3n) is 9.43. The van der Waals surface area contributed by atoms with Gasteiger partial charge in [-0.05, 0) is 90.9 Å². The van der Waals surface area contributed by atoms with Gasteiger partial charge >= 0.3 is 0 Å². The highest BCUT2D eigenvalue weighted by Gasteiger charge is 2.60. The fraction of sp³-hybridized carbons (Fsp3) is 0.870. The van der Waals surface area contributed by atoms with E-state index >= 15 is 0 Å². The topological polar surface area (TPSA) is 75.1 Å². The summed E-state index contributed by atoms with van der Waals surface area (Å²) in [7, 11) is 1.82. The maximum absolute atomic E-state index is 12.4. The number of carbonyl (C=O) groups is 1. The van der Waals surface area contributed by atoms with E-state index < -0.39 is 0 Å². The number of ether oxygens (including phenoxy) is 1. The summed E-state index contributed by atoms with van der Waals surface area (Å²) in [6, 6.07) is 0. The number of ketones is 1. The number of hydrogen-bond donors (Lipinski definition) is 0. The molecule has 0 aliphatic heterocycles. The molecule has 5 heteroatoms. The first-order chi connectivity index (χ1) is 13.4. The first-order valence-corrected chi connectivity index (χ1v) is 11.2. The van der Waals surface area contributed by atoms with E-state index in [2.05, 4.69) is 30.8 Å². The second kappa shape index (κ2) is 7.18. The van der Waals surface area contributed by atoms with Gasteiger partial charge in [0.1, 0.15) is 0 Å². The monoisotopic (exact) mass is 385 g/mol. The highest BCUT2D eigenvalue weighted by atomic mass is 16.5. The molecule has 5 nitrogen and oxygen atoms in total. The van der Waals surface area contributed by atoms with Gasteiger partial charge in [-0.3, -0.25) is 4.79 Å². The summed E-state index contributed by atoms with van der Waals surface area (Å²) in [4.78, 5) is 15.4. The van der Waals surface area contributed by atoms with Crippen LogP contribution in [0.5, 0.6) is 0 Å². The highest BCUT2D eigenvalue weighted by Crippen LogP contribution is 2.67. The molecule has 28 heavy (non-hydrogen) atoms. The summed E-state index contributed by atoms with van der Waals surface area (Å²) < 4.78 is 5.50. The minimum atomic E-state index is 0.0396. The number of hydrogen-bond acceptors (Lipinski definition) is 3. The number of azide groups is 1. The molecular formula is C23H35N3O2. The lowest BCUT2D eigenvalue weighted by Gasteiger charge is -2.58. The van der Waals surface area contributed by atoms with Crippen LogP contribution in [0.1, 0.15) is 72.1 Å². The van der Waals surface area contributed by atoms with Crippen LogP contribution in [0.3, 0.4) is 0 Å². The van der Waals surface area contributed by atoms with Crippen LogP contribution in [0.15, 0.2) is 16.4 Å². The molecule has 7 atom stereocenters. The predicted molar refractivity (Wildman–Crippen MR) is 109 cm³/mol. The van der Waals surface area contributed by atoms with E-state index in [4.69, 9.17) is 10.3 Å². The van der Waals surface area contributed by atoms with Gasteiger partial charge in [0.15, 0.2) is 5.78 Å². The third kappa shape index (κ3) is 2.77. The average molecular weight is 386 g/mol. The molecule has 0 amide bonds. The number of nitrogens with zero attached hydrogens (tertiary/aromatic N) is 3. The quantitative estimate of drug-likeness (QED) is 0.335. The van der Waals surface area contributed by atoms with Crippen molar-refractivity contribution in [1.29, 1.82) is 0 Å². The van der Waals surface area contributed by atoms with Crippen molar-refractivity contribution in [2.24, 2.45) is 45.5 Å². The van der Waals surface area contributed by atoms with Crippen molar-refractivity contribution in [2.45, 2.75) is 72.1 Å². The molecule has 0 radical (unpaired) electrons. The summed E-state index contributed by atoms with van der Waals surface area (Å²) in [5, 5.41) is 3.86. The van der Waals surface area contributed by atoms with Gasteiger partial charge in [-0.15, -0.1) is 0 Å². The van der Waals surface area contributed by atoms with Gasteiger partial charge in [0.05, 0.1) is 5.70 Å². The lowest BCUT2D eigenvalue weighted by atomic mass is 9.46. The van der Waals surface area contributed by atoms with E-state index in [1.807, 2.05) is 7.11 Å². The van der Waals surface area contributed by atoms with E-state index in [0.29, 0.717) is 29.4 Å². The molecule has 0 bridgehead atoms. The Hall–Kier alpha value is -1.32. The lowest BCUT2D eigenvalue weighted by molar-refractivity contribution is -0.119. The Labute approximate surface area is 168 Å². The second-order valence-corrected chi connectivity index (χ2v) is 10.4. The summed E-state index contributed by atoms with van der Waals surface area (Å²) in [5.41, 5.74) is 11.1. The largest absolute Gasteiger partial charge is 0.384 e. The van der Waals surface area contributed by atoms with Gasteiger partial charge in [-0.1, -0.05) is 31.5 Å². The first kappa shape index (κ1) is 20.0. The summed E-state index contributed by atoms with van der Waals surface area (Å²) in [6.45, 7) is 8.15. The van der Waals surface area contributed by atoms with Gasteiger partial charge in [-0.25, -0.2) is 0 Å². The maximum atomic E-state index is 12.4. The van der Waals surface area contributed by atoms with Crippen LogP contribution >= 0.6 is 0 Å². The molecule has 0 saturated heterocycles. The van der Waals surface area contributed by atoms with Crippen LogP contribution in [0.4, 0.5) is 0 Å². The lowest BCUT2D eigenvalue weighted by Crippen LogP contribution is -2.51. The van der Waals surface area contributed by atoms with E-state index in [0.717, 1.165) is 43.6 Å². The summed E-state index contributed by atoms with van der Waals surface area (Å²) >= 11 is 0. The minimum Gasteiger partial charge on any atom is -0.384 e. The van der Waals surface area contributed by atoms with Crippen molar-refractivity contribution < 1.29 is 9.53 Å². The molecule has 0 aromatic rings. The van der Waals surface area contributed by atoms with Crippen LogP contribution in [0.2, 0.25) is 0 Å². The minimum absolute atomic E-state index is 0.0396. The van der Waals surface area contributed by atoms with Crippen molar-refractivity contribution in [3.05, 3.63) is 21.7 Å². The zero-order valence-electron chi connectivity index (χ0n) is 17.9. The van der Waals surface area contributed by atoms with E-state index in [1.54, 1.807) is 0 Å². The third-order valence-corrected chi connectivity index (χ3v) is 9.43. The predicted octanol–water partition coefficient (Wildman–Crippen LogP) is 6.06. The van der Waals surface area contributed by atoms with Gasteiger partial charge in [0.2, 0.25) is 0 Å². The normalized spacial score (nSPS) is 43.6. The smallest absolute Gasteiger partial charge is 0.165 e. The van der Waals surface area contributed by atoms with E-state index in [-0.39, 0.29) is 11.2 Å². The van der Waals surface area contributed by atoms with Crippen molar-refractivity contribution >= 4 is 5.78 Å². The zero-order valence-corrected chi connectivity index (χ0v) is 17.9. The Bertz CT molecular complexity index is 740. The standard InChI is InChI=1S/C23H35N3O2/c1-14(13-28-4)16-7-8-17-15-5-6-19-21(25-26-24)20(27)10-12-23(19,3)18(15)9-11-22(16,17)2/h14-18H,5-13H2,1-4H3/t14-,15+,16-,17+,18+,22-,23-/m1/s1. The van der Waals surface area contributed by atoms with Gasteiger partial charge in [0, 0.05) is 25.0 Å². The molecule has 0 aromatic carbocycles. The van der Waals surface area contributed by atoms with Crippen molar-refractivity contribution in [3.8, 4) is 0 Å². The fourth-order valence-electron chi connectivity index (χ4n) is 8.20. The molecule has 0 unspecified atom stereocenters. The van der Waals surface area contributed by atoms with E-state index in [9.17, 15) is 4.79 Å². The summed E-state index contributed by atoms with van der Waals surface area (Å²) in [5.74, 6) is 3.59. The molecule has 0 aromatic heterocycles. The molecule has 154 valence electrons. The number of methoxy groups -OCH3 is 1. The van der Waals surface area contributed by atoms with Crippen LogP contribution in [0.25, 0.3) is 10.4 Å².